The van der Waals surface area contributed by atoms with Gasteiger partial charge in [-0.1, -0.05) is 0 Å². The lowest BCUT2D eigenvalue weighted by atomic mass is 10.0. The Balaban J connectivity index is 2.11. The van der Waals surface area contributed by atoms with E-state index in [-0.39, 0.29) is 11.4 Å². The summed E-state index contributed by atoms with van der Waals surface area (Å²) < 4.78 is 10.8. The molecule has 1 saturated heterocycles. The van der Waals surface area contributed by atoms with Crippen LogP contribution in [-0.2, 0) is 9.47 Å². The number of nitro groups is 1. The average Bonchev–Trinajstić information content (AvgIpc) is 2.94. The van der Waals surface area contributed by atoms with Gasteiger partial charge < -0.3 is 14.8 Å². The SMILES string of the molecule is COC1(CNc2ccc([N+](=O)[O-])c(C#N)n2)CCOC1. The van der Waals surface area contributed by atoms with Crippen molar-refractivity contribution in [1.82, 2.24) is 4.98 Å². The number of pyridine rings is 1. The predicted octanol–water partition coefficient (Wildman–Crippen LogP) is 1.08. The zero-order valence-electron chi connectivity index (χ0n) is 11.0. The first-order valence-electron chi connectivity index (χ1n) is 6.02. The van der Waals surface area contributed by atoms with E-state index in [0.717, 1.165) is 6.42 Å². The van der Waals surface area contributed by atoms with Crippen LogP contribution in [0.1, 0.15) is 12.1 Å². The van der Waals surface area contributed by atoms with E-state index in [1.54, 1.807) is 13.2 Å². The molecule has 8 heteroatoms. The number of hydrogen-bond acceptors (Lipinski definition) is 7. The van der Waals surface area contributed by atoms with Crippen LogP contribution in [0, 0.1) is 21.4 Å². The van der Waals surface area contributed by atoms with Crippen LogP contribution in [0.5, 0.6) is 0 Å². The van der Waals surface area contributed by atoms with Crippen LogP contribution in [0.3, 0.4) is 0 Å². The van der Waals surface area contributed by atoms with Crippen LogP contribution < -0.4 is 5.32 Å². The molecular weight excluding hydrogens is 264 g/mol. The number of methoxy groups -OCH3 is 1. The van der Waals surface area contributed by atoms with Crippen LogP contribution in [0.4, 0.5) is 11.5 Å². The van der Waals surface area contributed by atoms with Crippen LogP contribution >= 0.6 is 0 Å². The fraction of sp³-hybridized carbons (Fsp3) is 0.500. The highest BCUT2D eigenvalue weighted by Crippen LogP contribution is 2.24. The van der Waals surface area contributed by atoms with E-state index in [1.165, 1.54) is 12.1 Å². The van der Waals surface area contributed by atoms with Gasteiger partial charge in [0.1, 0.15) is 17.5 Å². The van der Waals surface area contributed by atoms with Gasteiger partial charge in [0.05, 0.1) is 11.5 Å². The van der Waals surface area contributed by atoms with E-state index in [1.807, 2.05) is 0 Å². The topological polar surface area (TPSA) is 110 Å². The lowest BCUT2D eigenvalue weighted by molar-refractivity contribution is -0.385. The van der Waals surface area contributed by atoms with Crippen molar-refractivity contribution < 1.29 is 14.4 Å². The molecule has 0 radical (unpaired) electrons. The molecule has 1 aromatic heterocycles. The molecule has 1 unspecified atom stereocenters. The summed E-state index contributed by atoms with van der Waals surface area (Å²) in [6.45, 7) is 1.57. The molecule has 1 aliphatic heterocycles. The van der Waals surface area contributed by atoms with Crippen LogP contribution in [0.25, 0.3) is 0 Å². The number of nitrogens with one attached hydrogen (secondary N) is 1. The Hall–Kier alpha value is -2.24. The van der Waals surface area contributed by atoms with Crippen LogP contribution in [0.15, 0.2) is 12.1 Å². The van der Waals surface area contributed by atoms with Gasteiger partial charge in [-0.05, 0) is 6.07 Å². The Labute approximate surface area is 115 Å². The first-order valence-corrected chi connectivity index (χ1v) is 6.02. The Morgan fingerprint density at radius 2 is 2.50 bits per heavy atom. The van der Waals surface area contributed by atoms with Gasteiger partial charge in [-0.2, -0.15) is 5.26 Å². The Morgan fingerprint density at radius 3 is 3.05 bits per heavy atom. The predicted molar refractivity (Wildman–Crippen MR) is 69.3 cm³/mol. The minimum atomic E-state index is -0.628. The van der Waals surface area contributed by atoms with Gasteiger partial charge >= 0.3 is 5.69 Å². The summed E-state index contributed by atoms with van der Waals surface area (Å²) in [5.74, 6) is 0.399. The van der Waals surface area contributed by atoms with E-state index in [2.05, 4.69) is 10.3 Å². The van der Waals surface area contributed by atoms with Crippen molar-refractivity contribution in [2.75, 3.05) is 32.2 Å². The van der Waals surface area contributed by atoms with E-state index in [0.29, 0.717) is 25.6 Å². The number of hydrogen-bond donors (Lipinski definition) is 1. The summed E-state index contributed by atoms with van der Waals surface area (Å²) in [5.41, 5.74) is -0.936. The lowest BCUT2D eigenvalue weighted by Crippen LogP contribution is -2.39. The minimum absolute atomic E-state index is 0.214. The maximum Gasteiger partial charge on any atom is 0.305 e. The summed E-state index contributed by atoms with van der Waals surface area (Å²) in [6, 6.07) is 4.45. The zero-order chi connectivity index (χ0) is 14.6. The van der Waals surface area contributed by atoms with E-state index in [9.17, 15) is 10.1 Å². The second-order valence-corrected chi connectivity index (χ2v) is 4.48. The Kier molecular flexibility index (Phi) is 4.12. The van der Waals surface area contributed by atoms with Gasteiger partial charge in [-0.25, -0.2) is 4.98 Å². The molecule has 1 fully saturated rings. The van der Waals surface area contributed by atoms with Crippen LogP contribution in [-0.4, -0.2) is 42.4 Å². The third-order valence-electron chi connectivity index (χ3n) is 3.27. The fourth-order valence-corrected chi connectivity index (χ4v) is 1.99. The number of anilines is 1. The second-order valence-electron chi connectivity index (χ2n) is 4.48. The maximum absolute atomic E-state index is 10.7. The summed E-state index contributed by atoms with van der Waals surface area (Å²) in [5, 5.41) is 22.6. The monoisotopic (exact) mass is 278 g/mol. The summed E-state index contributed by atoms with van der Waals surface area (Å²) in [4.78, 5) is 14.0. The highest BCUT2D eigenvalue weighted by atomic mass is 16.6. The standard InChI is InChI=1S/C12H14N4O4/c1-19-12(4-5-20-8-12)7-14-11-3-2-10(16(17)18)9(6-13)15-11/h2-3H,4-5,7-8H2,1H3,(H,14,15). The molecule has 1 aliphatic rings. The number of nitriles is 1. The molecule has 2 rings (SSSR count). The van der Waals surface area contributed by atoms with E-state index >= 15 is 0 Å². The van der Waals surface area contributed by atoms with Crippen molar-refractivity contribution >= 4 is 11.5 Å². The molecule has 1 N–H and O–H groups in total. The van der Waals surface area contributed by atoms with Crippen molar-refractivity contribution in [3.63, 3.8) is 0 Å². The Bertz CT molecular complexity index is 549. The largest absolute Gasteiger partial charge is 0.378 e. The minimum Gasteiger partial charge on any atom is -0.378 e. The van der Waals surface area contributed by atoms with Crippen molar-refractivity contribution in [2.24, 2.45) is 0 Å². The highest BCUT2D eigenvalue weighted by molar-refractivity contribution is 5.50. The van der Waals surface area contributed by atoms with Crippen molar-refractivity contribution in [3.05, 3.63) is 27.9 Å². The molecule has 0 aromatic carbocycles. The molecule has 0 amide bonds. The fourth-order valence-electron chi connectivity index (χ4n) is 1.99. The number of rotatable bonds is 5. The maximum atomic E-state index is 10.7. The van der Waals surface area contributed by atoms with Gasteiger partial charge in [-0.15, -0.1) is 0 Å². The number of ether oxygens (including phenoxy) is 2. The quantitative estimate of drug-likeness (QED) is 0.633. The normalized spacial score (nSPS) is 21.4. The third-order valence-corrected chi connectivity index (χ3v) is 3.27. The summed E-state index contributed by atoms with van der Waals surface area (Å²) >= 11 is 0. The van der Waals surface area contributed by atoms with Crippen molar-refractivity contribution in [2.45, 2.75) is 12.0 Å². The average molecular weight is 278 g/mol. The molecule has 0 aliphatic carbocycles. The van der Waals surface area contributed by atoms with Gasteiger partial charge in [-0.3, -0.25) is 10.1 Å². The first kappa shape index (κ1) is 14.2. The van der Waals surface area contributed by atoms with Crippen LogP contribution in [0.2, 0.25) is 0 Å². The third kappa shape index (κ3) is 2.84. The molecule has 0 bridgehead atoms. The summed E-state index contributed by atoms with van der Waals surface area (Å²) in [6.07, 6.45) is 0.759. The first-order chi connectivity index (χ1) is 9.60. The molecule has 20 heavy (non-hydrogen) atoms. The summed E-state index contributed by atoms with van der Waals surface area (Å²) in [7, 11) is 1.61. The van der Waals surface area contributed by atoms with Crippen molar-refractivity contribution in [1.29, 1.82) is 5.26 Å². The molecule has 1 atom stereocenters. The Morgan fingerprint density at radius 1 is 1.70 bits per heavy atom. The molecule has 2 heterocycles. The molecule has 0 spiro atoms. The lowest BCUT2D eigenvalue weighted by Gasteiger charge is -2.26. The van der Waals surface area contributed by atoms with Gasteiger partial charge in [0.25, 0.3) is 0 Å². The number of nitrogens with zero attached hydrogens (tertiary/aromatic N) is 3. The van der Waals surface area contributed by atoms with Crippen molar-refractivity contribution in [3.8, 4) is 6.07 Å². The smallest absolute Gasteiger partial charge is 0.305 e. The number of aromatic nitrogens is 1. The molecule has 1 aromatic rings. The van der Waals surface area contributed by atoms with E-state index in [4.69, 9.17) is 14.7 Å². The zero-order valence-corrected chi connectivity index (χ0v) is 11.0. The molecule has 106 valence electrons. The molecule has 0 saturated carbocycles. The van der Waals surface area contributed by atoms with E-state index < -0.39 is 10.5 Å². The van der Waals surface area contributed by atoms with Gasteiger partial charge in [0, 0.05) is 32.7 Å². The van der Waals surface area contributed by atoms with Gasteiger partial charge in [0.15, 0.2) is 0 Å². The van der Waals surface area contributed by atoms with Gasteiger partial charge in [0.2, 0.25) is 5.69 Å². The second kappa shape index (κ2) is 5.81. The molecule has 8 nitrogen and oxygen atoms in total. The highest BCUT2D eigenvalue weighted by Gasteiger charge is 2.34. The molecular formula is C12H14N4O4.